The Kier molecular flexibility index (Phi) is 8.84. The number of nitriles is 1. The Balaban J connectivity index is 1.56. The molecule has 1 heterocycles. The smallest absolute Gasteiger partial charge is 0.349 e. The third-order valence-electron chi connectivity index (χ3n) is 6.08. The van der Waals surface area contributed by atoms with Gasteiger partial charge in [0.2, 0.25) is 5.88 Å². The molecule has 3 aromatic rings. The number of methoxy groups -OCH3 is 1. The third kappa shape index (κ3) is 6.57. The van der Waals surface area contributed by atoms with Crippen LogP contribution in [0.5, 0.6) is 28.7 Å². The van der Waals surface area contributed by atoms with Crippen molar-refractivity contribution in [3.8, 4) is 34.8 Å². The average molecular weight is 549 g/mol. The number of hydrogen-bond acceptors (Lipinski definition) is 8. The van der Waals surface area contributed by atoms with E-state index in [1.165, 1.54) is 0 Å². The van der Waals surface area contributed by atoms with Gasteiger partial charge in [-0.3, -0.25) is 0 Å². The molecule has 1 atom stereocenters. The summed E-state index contributed by atoms with van der Waals surface area (Å²) in [5, 5.41) is 10.3. The van der Waals surface area contributed by atoms with Crippen molar-refractivity contribution in [1.82, 2.24) is 0 Å². The van der Waals surface area contributed by atoms with E-state index in [0.29, 0.717) is 46.1 Å². The van der Waals surface area contributed by atoms with E-state index in [2.05, 4.69) is 19.9 Å². The van der Waals surface area contributed by atoms with E-state index < -0.39 is 11.9 Å². The molecule has 0 aliphatic carbocycles. The molecule has 1 unspecified atom stereocenters. The number of esters is 1. The number of allylic oxidation sites excluding steroid dienone is 1. The highest BCUT2D eigenvalue weighted by atomic mass is 35.5. The molecule has 202 valence electrons. The van der Waals surface area contributed by atoms with E-state index in [4.69, 9.17) is 41.0 Å². The molecular weight excluding hydrogens is 520 g/mol. The monoisotopic (exact) mass is 548 g/mol. The summed E-state index contributed by atoms with van der Waals surface area (Å²) >= 11 is 6.06. The summed E-state index contributed by atoms with van der Waals surface area (Å²) < 4.78 is 28.1. The maximum Gasteiger partial charge on any atom is 0.349 e. The van der Waals surface area contributed by atoms with Crippen molar-refractivity contribution < 1.29 is 28.5 Å². The number of carbonyl (C=O) groups excluding carboxylic acids is 1. The fourth-order valence-corrected chi connectivity index (χ4v) is 4.28. The van der Waals surface area contributed by atoms with Crippen molar-refractivity contribution >= 4 is 17.6 Å². The van der Waals surface area contributed by atoms with Gasteiger partial charge in [0.25, 0.3) is 0 Å². The van der Waals surface area contributed by atoms with Gasteiger partial charge >= 0.3 is 5.97 Å². The van der Waals surface area contributed by atoms with E-state index in [1.54, 1.807) is 49.6 Å². The van der Waals surface area contributed by atoms with E-state index >= 15 is 0 Å². The molecule has 0 spiro atoms. The first-order chi connectivity index (χ1) is 18.8. The first-order valence-corrected chi connectivity index (χ1v) is 12.8. The summed E-state index contributed by atoms with van der Waals surface area (Å²) in [5.74, 6) is 1.48. The Morgan fingerprint density at radius 2 is 1.87 bits per heavy atom. The zero-order valence-electron chi connectivity index (χ0n) is 21.9. The van der Waals surface area contributed by atoms with Crippen LogP contribution >= 0.6 is 11.6 Å². The molecule has 1 aliphatic heterocycles. The number of ether oxygens (including phenoxy) is 5. The lowest BCUT2D eigenvalue weighted by Crippen LogP contribution is -2.22. The topological polar surface area (TPSA) is 113 Å². The van der Waals surface area contributed by atoms with Crippen molar-refractivity contribution in [3.05, 3.63) is 88.3 Å². The second-order valence-electron chi connectivity index (χ2n) is 9.26. The van der Waals surface area contributed by atoms with Gasteiger partial charge in [0.15, 0.2) is 18.1 Å². The number of halogens is 1. The predicted molar refractivity (Wildman–Crippen MR) is 146 cm³/mol. The molecule has 3 aromatic carbocycles. The van der Waals surface area contributed by atoms with Crippen LogP contribution in [-0.4, -0.2) is 26.3 Å². The van der Waals surface area contributed by atoms with Crippen LogP contribution in [0.3, 0.4) is 0 Å². The van der Waals surface area contributed by atoms with Crippen molar-refractivity contribution in [1.29, 1.82) is 5.26 Å². The molecule has 1 aliphatic rings. The molecule has 0 fully saturated rings. The largest absolute Gasteiger partial charge is 0.493 e. The van der Waals surface area contributed by atoms with Gasteiger partial charge in [-0.15, -0.1) is 0 Å². The minimum atomic E-state index is -0.624. The Labute approximate surface area is 232 Å². The zero-order valence-corrected chi connectivity index (χ0v) is 22.7. The zero-order chi connectivity index (χ0) is 27.9. The summed E-state index contributed by atoms with van der Waals surface area (Å²) in [4.78, 5) is 12.4. The van der Waals surface area contributed by atoms with Gasteiger partial charge in [0.05, 0.1) is 24.7 Å². The number of fused-ring (bicyclic) bond motifs is 1. The van der Waals surface area contributed by atoms with E-state index in [9.17, 15) is 10.1 Å². The number of rotatable bonds is 10. The Morgan fingerprint density at radius 1 is 1.08 bits per heavy atom. The van der Waals surface area contributed by atoms with Crippen LogP contribution < -0.4 is 29.4 Å². The summed E-state index contributed by atoms with van der Waals surface area (Å²) in [6.45, 7) is 4.49. The van der Waals surface area contributed by atoms with Crippen LogP contribution in [0, 0.1) is 17.2 Å². The van der Waals surface area contributed by atoms with Crippen LogP contribution in [0.25, 0.3) is 0 Å². The lowest BCUT2D eigenvalue weighted by molar-refractivity contribution is -0.136. The molecule has 0 saturated heterocycles. The first kappa shape index (κ1) is 27.7. The van der Waals surface area contributed by atoms with Gasteiger partial charge in [-0.25, -0.2) is 4.79 Å². The Bertz CT molecular complexity index is 1430. The lowest BCUT2D eigenvalue weighted by Gasteiger charge is -2.27. The predicted octanol–water partition coefficient (Wildman–Crippen LogP) is 5.98. The molecule has 39 heavy (non-hydrogen) atoms. The second-order valence-corrected chi connectivity index (χ2v) is 9.67. The normalized spacial score (nSPS) is 14.2. The molecule has 0 amide bonds. The molecule has 8 nitrogen and oxygen atoms in total. The van der Waals surface area contributed by atoms with Gasteiger partial charge in [-0.1, -0.05) is 49.7 Å². The molecule has 0 saturated carbocycles. The highest BCUT2D eigenvalue weighted by molar-refractivity contribution is 6.32. The van der Waals surface area contributed by atoms with Crippen LogP contribution in [0.15, 0.2) is 72.1 Å². The van der Waals surface area contributed by atoms with Crippen molar-refractivity contribution in [2.24, 2.45) is 11.7 Å². The number of carbonyl (C=O) groups is 1. The minimum Gasteiger partial charge on any atom is -0.493 e. The Morgan fingerprint density at radius 3 is 2.59 bits per heavy atom. The van der Waals surface area contributed by atoms with Crippen LogP contribution in [0.1, 0.15) is 37.3 Å². The highest BCUT2D eigenvalue weighted by Crippen LogP contribution is 2.45. The first-order valence-electron chi connectivity index (χ1n) is 12.4. The molecular formula is C30H29ClN2O6. The van der Waals surface area contributed by atoms with Gasteiger partial charge in [-0.05, 0) is 48.2 Å². The van der Waals surface area contributed by atoms with Gasteiger partial charge in [0.1, 0.15) is 28.9 Å². The molecule has 2 N–H and O–H groups in total. The fourth-order valence-electron chi connectivity index (χ4n) is 4.09. The highest BCUT2D eigenvalue weighted by Gasteiger charge is 2.32. The standard InChI is InChI=1S/C30H29ClN2O6/c1-18(2)12-13-36-25-11-8-19(14-27(25)35-3)29-21-10-9-20(15-26(21)39-30(33)22(29)16-32)38-28(34)17-37-24-7-5-4-6-23(24)31/h4-11,14-15,18,29H,12-13,17,33H2,1-3H3. The van der Waals surface area contributed by atoms with Gasteiger partial charge in [0, 0.05) is 11.6 Å². The van der Waals surface area contributed by atoms with Gasteiger partial charge in [-0.2, -0.15) is 5.26 Å². The number of para-hydroxylation sites is 1. The van der Waals surface area contributed by atoms with E-state index in [1.807, 2.05) is 18.2 Å². The maximum absolute atomic E-state index is 12.4. The molecule has 4 rings (SSSR count). The van der Waals surface area contributed by atoms with Crippen LogP contribution in [0.2, 0.25) is 5.02 Å². The minimum absolute atomic E-state index is 0.0308. The summed E-state index contributed by atoms with van der Waals surface area (Å²) in [6, 6.07) is 19.4. The van der Waals surface area contributed by atoms with Crippen LogP contribution in [-0.2, 0) is 4.79 Å². The van der Waals surface area contributed by atoms with Crippen molar-refractivity contribution in [2.75, 3.05) is 20.3 Å². The molecule has 9 heteroatoms. The van der Waals surface area contributed by atoms with Crippen LogP contribution in [0.4, 0.5) is 0 Å². The molecule has 0 bridgehead atoms. The Hall–Kier alpha value is -4.35. The summed E-state index contributed by atoms with van der Waals surface area (Å²) in [5.41, 5.74) is 7.86. The number of nitrogens with zero attached hydrogens (tertiary/aromatic N) is 1. The van der Waals surface area contributed by atoms with Gasteiger partial charge < -0.3 is 29.4 Å². The molecule has 0 aromatic heterocycles. The lowest BCUT2D eigenvalue weighted by atomic mass is 9.83. The summed E-state index contributed by atoms with van der Waals surface area (Å²) in [7, 11) is 1.57. The average Bonchev–Trinajstić information content (AvgIpc) is 2.91. The van der Waals surface area contributed by atoms with Crippen molar-refractivity contribution in [3.63, 3.8) is 0 Å². The SMILES string of the molecule is COc1cc(C2C(C#N)=C(N)Oc3cc(OC(=O)COc4ccccc4Cl)ccc32)ccc1OCCC(C)C. The third-order valence-corrected chi connectivity index (χ3v) is 6.39. The fraction of sp³-hybridized carbons (Fsp3) is 0.267. The summed E-state index contributed by atoms with van der Waals surface area (Å²) in [6.07, 6.45) is 0.912. The second kappa shape index (κ2) is 12.5. The number of hydrogen-bond donors (Lipinski definition) is 1. The van der Waals surface area contributed by atoms with Crippen molar-refractivity contribution in [2.45, 2.75) is 26.2 Å². The molecule has 0 radical (unpaired) electrons. The number of nitrogens with two attached hydrogens (primary N) is 1. The number of benzene rings is 3. The quantitative estimate of drug-likeness (QED) is 0.243. The van der Waals surface area contributed by atoms with E-state index in [-0.39, 0.29) is 23.8 Å². The van der Waals surface area contributed by atoms with E-state index in [0.717, 1.165) is 12.0 Å². The maximum atomic E-state index is 12.4.